The van der Waals surface area contributed by atoms with Crippen LogP contribution in [0.25, 0.3) is 27.9 Å². The summed E-state index contributed by atoms with van der Waals surface area (Å²) in [5, 5.41) is 5.56. The molecule has 0 aliphatic heterocycles. The van der Waals surface area contributed by atoms with Crippen LogP contribution in [0.5, 0.6) is 0 Å². The van der Waals surface area contributed by atoms with Crippen LogP contribution < -0.4 is 5.69 Å². The maximum atomic E-state index is 13.4. The largest absolute Gasteiger partial charge is 0.433 e. The lowest BCUT2D eigenvalue weighted by Gasteiger charge is -2.16. The van der Waals surface area contributed by atoms with Crippen molar-refractivity contribution in [2.24, 2.45) is 0 Å². The Labute approximate surface area is 220 Å². The van der Waals surface area contributed by atoms with Crippen molar-refractivity contribution in [3.63, 3.8) is 0 Å². The Morgan fingerprint density at radius 1 is 0.946 bits per heavy atom. The number of fused-ring (bicyclic) bond motifs is 1. The molecule has 0 saturated heterocycles. The second kappa shape index (κ2) is 10.0. The maximum absolute atomic E-state index is 13.4. The molecule has 5 rings (SSSR count). The molecule has 5 aromatic rings. The van der Waals surface area contributed by atoms with Gasteiger partial charge in [-0.15, -0.1) is 5.10 Å². The average Bonchev–Trinajstić information content (AvgIpc) is 3.15. The molecule has 0 fully saturated rings. The van der Waals surface area contributed by atoms with E-state index in [4.69, 9.17) is 23.2 Å². The highest BCUT2D eigenvalue weighted by atomic mass is 35.5. The number of pyridine rings is 2. The highest BCUT2D eigenvalue weighted by Crippen LogP contribution is 2.39. The third kappa shape index (κ3) is 4.99. The molecule has 0 aliphatic carbocycles. The number of aryl methyl sites for hydroxylation is 1. The predicted molar refractivity (Wildman–Crippen MR) is 140 cm³/mol. The fraction of sp³-hybridized carbons (Fsp3) is 0.148. The Morgan fingerprint density at radius 2 is 1.65 bits per heavy atom. The average molecular weight is 545 g/mol. The summed E-state index contributed by atoms with van der Waals surface area (Å²) in [6.07, 6.45) is -3.44. The van der Waals surface area contributed by atoms with Gasteiger partial charge in [-0.05, 0) is 53.9 Å². The number of nitrogens with zero attached hydrogens (tertiary/aromatic N) is 4. The van der Waals surface area contributed by atoms with E-state index in [1.54, 1.807) is 31.2 Å². The van der Waals surface area contributed by atoms with Gasteiger partial charge < -0.3 is 0 Å². The zero-order valence-corrected chi connectivity index (χ0v) is 20.2. The molecule has 3 heterocycles. The highest BCUT2D eigenvalue weighted by Gasteiger charge is 2.32. The Balaban J connectivity index is 0.00000320. The first kappa shape index (κ1) is 26.4. The van der Waals surface area contributed by atoms with Gasteiger partial charge in [0.05, 0.1) is 6.54 Å². The van der Waals surface area contributed by atoms with Crippen LogP contribution >= 0.6 is 23.2 Å². The molecular formula is C27H21Cl2F3N4O. The summed E-state index contributed by atoms with van der Waals surface area (Å²) in [5.41, 5.74) is 3.15. The van der Waals surface area contributed by atoms with Crippen molar-refractivity contribution < 1.29 is 13.2 Å². The van der Waals surface area contributed by atoms with Gasteiger partial charge in [0.1, 0.15) is 5.69 Å². The Kier molecular flexibility index (Phi) is 7.17. The Morgan fingerprint density at radius 3 is 2.27 bits per heavy atom. The SMILES string of the molecule is C.Cc1c(-c2ccccc2Cl)c(-c2ccc(Cl)cc2)cc2nn(Cc3ccc(C(F)(F)F)nc3)c(=O)n12. The molecule has 0 aliphatic rings. The van der Waals surface area contributed by atoms with Gasteiger partial charge in [0.2, 0.25) is 0 Å². The monoisotopic (exact) mass is 544 g/mol. The summed E-state index contributed by atoms with van der Waals surface area (Å²) in [4.78, 5) is 16.8. The molecule has 3 aromatic heterocycles. The zero-order chi connectivity index (χ0) is 25.6. The number of halogens is 5. The topological polar surface area (TPSA) is 52.2 Å². The van der Waals surface area contributed by atoms with E-state index in [2.05, 4.69) is 10.1 Å². The summed E-state index contributed by atoms with van der Waals surface area (Å²) in [7, 11) is 0. The van der Waals surface area contributed by atoms with E-state index < -0.39 is 17.6 Å². The van der Waals surface area contributed by atoms with Gasteiger partial charge in [0.15, 0.2) is 5.65 Å². The van der Waals surface area contributed by atoms with Crippen LogP contribution in [0.2, 0.25) is 10.0 Å². The molecule has 0 N–H and O–H groups in total. The first-order chi connectivity index (χ1) is 17.1. The lowest BCUT2D eigenvalue weighted by molar-refractivity contribution is -0.141. The van der Waals surface area contributed by atoms with Crippen molar-refractivity contribution >= 4 is 28.8 Å². The molecule has 0 atom stereocenters. The Bertz CT molecular complexity index is 1640. The molecule has 0 spiro atoms. The number of aromatic nitrogens is 4. The van der Waals surface area contributed by atoms with E-state index in [-0.39, 0.29) is 14.0 Å². The van der Waals surface area contributed by atoms with Crippen molar-refractivity contribution in [3.8, 4) is 22.3 Å². The second-order valence-electron chi connectivity index (χ2n) is 8.19. The highest BCUT2D eigenvalue weighted by molar-refractivity contribution is 6.33. The molecule has 0 amide bonds. The fourth-order valence-electron chi connectivity index (χ4n) is 4.16. The summed E-state index contributed by atoms with van der Waals surface area (Å²) >= 11 is 12.6. The summed E-state index contributed by atoms with van der Waals surface area (Å²) in [6.45, 7) is 1.76. The van der Waals surface area contributed by atoms with Crippen LogP contribution in [0.1, 0.15) is 24.4 Å². The summed E-state index contributed by atoms with van der Waals surface area (Å²) in [5.74, 6) is 0. The van der Waals surface area contributed by atoms with E-state index in [1.807, 2.05) is 30.3 Å². The molecule has 37 heavy (non-hydrogen) atoms. The molecule has 2 aromatic carbocycles. The van der Waals surface area contributed by atoms with E-state index in [0.29, 0.717) is 26.9 Å². The minimum Gasteiger partial charge on any atom is -0.251 e. The summed E-state index contributed by atoms with van der Waals surface area (Å²) in [6, 6.07) is 18.6. The van der Waals surface area contributed by atoms with Gasteiger partial charge in [0.25, 0.3) is 0 Å². The first-order valence-electron chi connectivity index (χ1n) is 10.8. The van der Waals surface area contributed by atoms with Gasteiger partial charge in [-0.2, -0.15) is 13.2 Å². The van der Waals surface area contributed by atoms with Gasteiger partial charge >= 0.3 is 11.9 Å². The van der Waals surface area contributed by atoms with E-state index in [1.165, 1.54) is 15.1 Å². The van der Waals surface area contributed by atoms with Crippen molar-refractivity contribution in [2.45, 2.75) is 27.1 Å². The zero-order valence-electron chi connectivity index (χ0n) is 18.7. The van der Waals surface area contributed by atoms with E-state index in [9.17, 15) is 18.0 Å². The standard InChI is InChI=1S/C26H17Cl2F3N4O.CH4/c1-15-24(19-4-2-3-5-21(19)28)20(17-7-9-18(27)10-8-17)12-23-33-34(25(36)35(15)23)14-16-6-11-22(32-13-16)26(29,30)31;/h2-13H,14H2,1H3;1H4. The number of benzene rings is 2. The lowest BCUT2D eigenvalue weighted by atomic mass is 9.93. The number of rotatable bonds is 4. The van der Waals surface area contributed by atoms with Crippen molar-refractivity contribution in [1.82, 2.24) is 19.2 Å². The normalized spacial score (nSPS) is 11.5. The minimum atomic E-state index is -4.54. The van der Waals surface area contributed by atoms with Crippen molar-refractivity contribution in [1.29, 1.82) is 0 Å². The van der Waals surface area contributed by atoms with Crippen molar-refractivity contribution in [2.75, 3.05) is 0 Å². The fourth-order valence-corrected chi connectivity index (χ4v) is 4.52. The first-order valence-corrected chi connectivity index (χ1v) is 11.6. The maximum Gasteiger partial charge on any atom is 0.433 e. The van der Waals surface area contributed by atoms with Crippen LogP contribution in [-0.2, 0) is 12.7 Å². The third-order valence-electron chi connectivity index (χ3n) is 5.85. The van der Waals surface area contributed by atoms with Crippen LogP contribution in [0, 0.1) is 6.92 Å². The lowest BCUT2D eigenvalue weighted by Crippen LogP contribution is -2.23. The van der Waals surface area contributed by atoms with Crippen LogP contribution in [0.4, 0.5) is 13.2 Å². The van der Waals surface area contributed by atoms with Gasteiger partial charge in [0, 0.05) is 33.1 Å². The molecule has 5 nitrogen and oxygen atoms in total. The Hall–Kier alpha value is -3.62. The van der Waals surface area contributed by atoms with Crippen LogP contribution in [-0.4, -0.2) is 19.2 Å². The van der Waals surface area contributed by atoms with Gasteiger partial charge in [-0.3, -0.25) is 4.98 Å². The number of hydrogen-bond acceptors (Lipinski definition) is 3. The van der Waals surface area contributed by atoms with Crippen LogP contribution in [0.3, 0.4) is 0 Å². The van der Waals surface area contributed by atoms with E-state index >= 15 is 0 Å². The molecule has 0 radical (unpaired) electrons. The number of hydrogen-bond donors (Lipinski definition) is 0. The van der Waals surface area contributed by atoms with Gasteiger partial charge in [-0.25, -0.2) is 13.9 Å². The molecule has 0 unspecified atom stereocenters. The predicted octanol–water partition coefficient (Wildman–Crippen LogP) is 7.54. The molecule has 10 heteroatoms. The molecule has 0 bridgehead atoms. The van der Waals surface area contributed by atoms with Crippen molar-refractivity contribution in [3.05, 3.63) is 110 Å². The number of alkyl halides is 3. The molecular weight excluding hydrogens is 524 g/mol. The summed E-state index contributed by atoms with van der Waals surface area (Å²) < 4.78 is 41.2. The smallest absolute Gasteiger partial charge is 0.251 e. The van der Waals surface area contributed by atoms with Crippen LogP contribution in [0.15, 0.2) is 77.7 Å². The third-order valence-corrected chi connectivity index (χ3v) is 6.43. The molecule has 190 valence electrons. The van der Waals surface area contributed by atoms with Gasteiger partial charge in [-0.1, -0.05) is 67.0 Å². The molecule has 0 saturated carbocycles. The van der Waals surface area contributed by atoms with E-state index in [0.717, 1.165) is 34.5 Å². The quantitative estimate of drug-likeness (QED) is 0.235. The second-order valence-corrected chi connectivity index (χ2v) is 9.03. The minimum absolute atomic E-state index is 0.